The van der Waals surface area contributed by atoms with Gasteiger partial charge in [-0.1, -0.05) is 6.92 Å². The first-order valence-corrected chi connectivity index (χ1v) is 7.80. The van der Waals surface area contributed by atoms with E-state index in [0.717, 1.165) is 31.4 Å². The largest absolute Gasteiger partial charge is 0.478 e. The second kappa shape index (κ2) is 5.14. The molecular formula is C13H16FNO4S. The molecule has 0 saturated heterocycles. The van der Waals surface area contributed by atoms with Crippen molar-refractivity contribution >= 4 is 16.0 Å². The molecule has 110 valence electrons. The summed E-state index contributed by atoms with van der Waals surface area (Å²) in [5, 5.41) is 8.72. The molecule has 0 unspecified atom stereocenters. The highest BCUT2D eigenvalue weighted by molar-refractivity contribution is 7.89. The Morgan fingerprint density at radius 1 is 1.45 bits per heavy atom. The summed E-state index contributed by atoms with van der Waals surface area (Å²) in [5.74, 6) is -2.36. The van der Waals surface area contributed by atoms with Crippen molar-refractivity contribution in [1.29, 1.82) is 0 Å². The van der Waals surface area contributed by atoms with E-state index in [0.29, 0.717) is 6.07 Å². The van der Waals surface area contributed by atoms with E-state index >= 15 is 0 Å². The van der Waals surface area contributed by atoms with Crippen molar-refractivity contribution in [2.75, 3.05) is 6.54 Å². The Hall–Kier alpha value is -1.47. The fourth-order valence-corrected chi connectivity index (χ4v) is 3.22. The molecule has 0 atom stereocenters. The van der Waals surface area contributed by atoms with Crippen LogP contribution in [0.4, 0.5) is 4.39 Å². The van der Waals surface area contributed by atoms with Gasteiger partial charge in [-0.2, -0.15) is 0 Å². The molecule has 2 rings (SSSR count). The number of nitrogens with one attached hydrogen (secondary N) is 1. The van der Waals surface area contributed by atoms with Crippen molar-refractivity contribution in [2.45, 2.75) is 31.1 Å². The number of carboxylic acid groups (broad SMARTS) is 1. The molecule has 1 aliphatic carbocycles. The maximum Gasteiger partial charge on any atom is 0.335 e. The first-order valence-electron chi connectivity index (χ1n) is 6.32. The average Bonchev–Trinajstić information content (AvgIpc) is 3.17. The standard InChI is InChI=1S/C13H16FNO4S/c1-2-13(5-6-13)8-15-20(18,19)11-4-3-9(12(16)17)7-10(11)14/h3-4,7,15H,2,5-6,8H2,1H3,(H,16,17). The minimum absolute atomic E-state index is 0.00452. The van der Waals surface area contributed by atoms with Crippen LogP contribution in [0.1, 0.15) is 36.5 Å². The summed E-state index contributed by atoms with van der Waals surface area (Å²) < 4.78 is 40.2. The normalized spacial score (nSPS) is 16.9. The van der Waals surface area contributed by atoms with Gasteiger partial charge in [-0.25, -0.2) is 22.3 Å². The van der Waals surface area contributed by atoms with E-state index in [9.17, 15) is 17.6 Å². The predicted molar refractivity (Wildman–Crippen MR) is 70.5 cm³/mol. The van der Waals surface area contributed by atoms with Crippen LogP contribution in [0.2, 0.25) is 0 Å². The van der Waals surface area contributed by atoms with Crippen molar-refractivity contribution in [3.8, 4) is 0 Å². The van der Waals surface area contributed by atoms with E-state index in [4.69, 9.17) is 5.11 Å². The summed E-state index contributed by atoms with van der Waals surface area (Å²) in [4.78, 5) is 10.2. The van der Waals surface area contributed by atoms with Crippen LogP contribution in [-0.2, 0) is 10.0 Å². The Morgan fingerprint density at radius 2 is 2.10 bits per heavy atom. The summed E-state index contributed by atoms with van der Waals surface area (Å²) in [7, 11) is -3.95. The van der Waals surface area contributed by atoms with Crippen LogP contribution in [0.5, 0.6) is 0 Å². The van der Waals surface area contributed by atoms with Crippen molar-refractivity contribution in [3.63, 3.8) is 0 Å². The highest BCUT2D eigenvalue weighted by Gasteiger charge is 2.41. The Bertz CT molecular complexity index is 638. The molecule has 2 N–H and O–H groups in total. The molecule has 0 radical (unpaired) electrons. The molecule has 0 amide bonds. The van der Waals surface area contributed by atoms with Crippen molar-refractivity contribution in [1.82, 2.24) is 4.72 Å². The molecule has 1 aromatic carbocycles. The lowest BCUT2D eigenvalue weighted by Crippen LogP contribution is -2.30. The summed E-state index contributed by atoms with van der Waals surface area (Å²) in [6.45, 7) is 2.27. The zero-order valence-corrected chi connectivity index (χ0v) is 11.8. The molecule has 1 saturated carbocycles. The van der Waals surface area contributed by atoms with E-state index in [-0.39, 0.29) is 17.5 Å². The van der Waals surface area contributed by atoms with E-state index < -0.39 is 26.7 Å². The average molecular weight is 301 g/mol. The number of carboxylic acids is 1. The number of hydrogen-bond donors (Lipinski definition) is 2. The molecule has 1 aromatic rings. The molecule has 5 nitrogen and oxygen atoms in total. The third kappa shape index (κ3) is 2.99. The van der Waals surface area contributed by atoms with Crippen LogP contribution in [0, 0.1) is 11.2 Å². The van der Waals surface area contributed by atoms with Crippen molar-refractivity contribution in [2.24, 2.45) is 5.41 Å². The van der Waals surface area contributed by atoms with Gasteiger partial charge in [0.2, 0.25) is 10.0 Å². The van der Waals surface area contributed by atoms with E-state index in [1.807, 2.05) is 6.92 Å². The fraction of sp³-hybridized carbons (Fsp3) is 0.462. The van der Waals surface area contributed by atoms with E-state index in [2.05, 4.69) is 4.72 Å². The first kappa shape index (κ1) is 14.9. The maximum atomic E-state index is 13.7. The topological polar surface area (TPSA) is 83.5 Å². The number of halogens is 1. The van der Waals surface area contributed by atoms with Gasteiger partial charge in [-0.15, -0.1) is 0 Å². The number of carbonyl (C=O) groups is 1. The summed E-state index contributed by atoms with van der Waals surface area (Å²) in [6, 6.07) is 2.77. The predicted octanol–water partition coefficient (Wildman–Crippen LogP) is 1.99. The molecule has 7 heteroatoms. The van der Waals surface area contributed by atoms with Crippen LogP contribution in [0.15, 0.2) is 23.1 Å². The molecule has 0 aromatic heterocycles. The van der Waals surface area contributed by atoms with Crippen molar-refractivity contribution < 1.29 is 22.7 Å². The highest BCUT2D eigenvalue weighted by atomic mass is 32.2. The van der Waals surface area contributed by atoms with Crippen molar-refractivity contribution in [3.05, 3.63) is 29.6 Å². The van der Waals surface area contributed by atoms with E-state index in [1.165, 1.54) is 0 Å². The van der Waals surface area contributed by atoms with Gasteiger partial charge in [0.15, 0.2) is 0 Å². The van der Waals surface area contributed by atoms with Crippen LogP contribution in [0.25, 0.3) is 0 Å². The van der Waals surface area contributed by atoms with Gasteiger partial charge in [0.05, 0.1) is 5.56 Å². The maximum absolute atomic E-state index is 13.7. The van der Waals surface area contributed by atoms with Gasteiger partial charge < -0.3 is 5.11 Å². The number of sulfonamides is 1. The van der Waals surface area contributed by atoms with Gasteiger partial charge >= 0.3 is 5.97 Å². The zero-order valence-electron chi connectivity index (χ0n) is 11.0. The first-order chi connectivity index (χ1) is 9.30. The third-order valence-corrected chi connectivity index (χ3v) is 5.25. The van der Waals surface area contributed by atoms with Crippen LogP contribution < -0.4 is 4.72 Å². The Kier molecular flexibility index (Phi) is 3.84. The Labute approximate surface area is 116 Å². The minimum Gasteiger partial charge on any atom is -0.478 e. The van der Waals surface area contributed by atoms with E-state index in [1.54, 1.807) is 0 Å². The van der Waals surface area contributed by atoms with Crippen LogP contribution in [-0.4, -0.2) is 26.0 Å². The fourth-order valence-electron chi connectivity index (χ4n) is 2.01. The van der Waals surface area contributed by atoms with Crippen LogP contribution in [0.3, 0.4) is 0 Å². The van der Waals surface area contributed by atoms with Gasteiger partial charge in [-0.05, 0) is 42.9 Å². The molecule has 0 aliphatic heterocycles. The number of aromatic carboxylic acids is 1. The number of hydrogen-bond acceptors (Lipinski definition) is 3. The molecule has 1 fully saturated rings. The lowest BCUT2D eigenvalue weighted by molar-refractivity contribution is 0.0696. The molecule has 0 heterocycles. The minimum atomic E-state index is -3.95. The molecule has 20 heavy (non-hydrogen) atoms. The van der Waals surface area contributed by atoms with Gasteiger partial charge in [0.25, 0.3) is 0 Å². The van der Waals surface area contributed by atoms with Crippen LogP contribution >= 0.6 is 0 Å². The number of rotatable bonds is 6. The third-order valence-electron chi connectivity index (χ3n) is 3.81. The van der Waals surface area contributed by atoms with Gasteiger partial charge in [0, 0.05) is 6.54 Å². The monoisotopic (exact) mass is 301 g/mol. The second-order valence-corrected chi connectivity index (χ2v) is 6.86. The molecule has 0 bridgehead atoms. The molecule has 1 aliphatic rings. The summed E-state index contributed by atoms with van der Waals surface area (Å²) in [6.07, 6.45) is 2.80. The molecule has 0 spiro atoms. The van der Waals surface area contributed by atoms with Gasteiger partial charge in [0.1, 0.15) is 10.7 Å². The highest BCUT2D eigenvalue weighted by Crippen LogP contribution is 2.48. The lowest BCUT2D eigenvalue weighted by Gasteiger charge is -2.14. The Morgan fingerprint density at radius 3 is 2.55 bits per heavy atom. The second-order valence-electron chi connectivity index (χ2n) is 5.13. The molecular weight excluding hydrogens is 285 g/mol. The zero-order chi connectivity index (χ0) is 15.0. The quantitative estimate of drug-likeness (QED) is 0.841. The SMILES string of the molecule is CCC1(CNS(=O)(=O)c2ccc(C(=O)O)cc2F)CC1. The lowest BCUT2D eigenvalue weighted by atomic mass is 10.1. The van der Waals surface area contributed by atoms with Gasteiger partial charge in [-0.3, -0.25) is 0 Å². The smallest absolute Gasteiger partial charge is 0.335 e. The summed E-state index contributed by atoms with van der Waals surface area (Å²) >= 11 is 0. The summed E-state index contributed by atoms with van der Waals surface area (Å²) in [5.41, 5.74) is -0.279. The number of benzene rings is 1. The Balaban J connectivity index is 2.19.